The van der Waals surface area contributed by atoms with Crippen molar-refractivity contribution in [3.63, 3.8) is 0 Å². The summed E-state index contributed by atoms with van der Waals surface area (Å²) in [4.78, 5) is 0. The summed E-state index contributed by atoms with van der Waals surface area (Å²) in [6.45, 7) is 7.19. The number of aromatic nitrogens is 2. The highest BCUT2D eigenvalue weighted by Gasteiger charge is 2.46. The van der Waals surface area contributed by atoms with Gasteiger partial charge in [-0.3, -0.25) is 0 Å². The molecule has 0 fully saturated rings. The van der Waals surface area contributed by atoms with Crippen molar-refractivity contribution >= 4 is 26.2 Å². The fraction of sp³-hybridized carbons (Fsp3) is 0.773. The molecular weight excluding hydrogens is 548 g/mol. The second kappa shape index (κ2) is 17.1. The van der Waals surface area contributed by atoms with Gasteiger partial charge in [-0.05, 0) is 12.8 Å². The van der Waals surface area contributed by atoms with Gasteiger partial charge in [-0.2, -0.15) is 26.3 Å². The average molecular weight is 586 g/mol. The van der Waals surface area contributed by atoms with Gasteiger partial charge in [0.1, 0.15) is 12.4 Å². The molecule has 15 heteroatoms. The van der Waals surface area contributed by atoms with Crippen LogP contribution in [0.4, 0.5) is 26.3 Å². The SMILES string of the molecule is C=Cn1cc[n+](CCCCCCCCCCCCCCC)c1.O=S(=O)([N-]S(=O)(=O)C(F)(F)F)C(F)(F)F. The van der Waals surface area contributed by atoms with E-state index in [-0.39, 0.29) is 0 Å². The minimum absolute atomic E-state index is 0.778. The van der Waals surface area contributed by atoms with E-state index in [4.69, 9.17) is 0 Å². The Morgan fingerprint density at radius 3 is 1.46 bits per heavy atom. The standard InChI is InChI=1S/C20H37N2.C2F6NO4S2/c1-3-5-6-7-8-9-10-11-12-13-14-15-16-17-22-19-18-21(4-2)20-22;3-1(4,5)14(10,11)9-15(12,13)2(6,7)8/h4,18-20H,2-3,5-17H2,1H3;/q+1;-1. The van der Waals surface area contributed by atoms with E-state index in [0.717, 1.165) is 10.7 Å². The van der Waals surface area contributed by atoms with E-state index >= 15 is 0 Å². The van der Waals surface area contributed by atoms with Crippen molar-refractivity contribution in [1.29, 1.82) is 0 Å². The lowest BCUT2D eigenvalue weighted by atomic mass is 10.0. The molecule has 0 unspecified atom stereocenters. The molecule has 37 heavy (non-hydrogen) atoms. The first-order chi connectivity index (χ1) is 17.1. The zero-order chi connectivity index (χ0) is 28.6. The van der Waals surface area contributed by atoms with Crippen LogP contribution >= 0.6 is 0 Å². The highest BCUT2D eigenvalue weighted by atomic mass is 32.3. The molecule has 1 heterocycles. The Hall–Kier alpha value is -1.61. The van der Waals surface area contributed by atoms with Crippen molar-refractivity contribution in [2.24, 2.45) is 0 Å². The molecule has 0 N–H and O–H groups in total. The molecule has 1 aromatic heterocycles. The lowest BCUT2D eigenvalue weighted by molar-refractivity contribution is -0.696. The summed E-state index contributed by atoms with van der Waals surface area (Å²) in [5, 5.41) is 0. The van der Waals surface area contributed by atoms with E-state index in [1.807, 2.05) is 10.8 Å². The van der Waals surface area contributed by atoms with Gasteiger partial charge in [0.05, 0.1) is 12.7 Å². The Bertz CT molecular complexity index is 933. The second-order valence-electron chi connectivity index (χ2n) is 8.44. The summed E-state index contributed by atoms with van der Waals surface area (Å²) >= 11 is 0. The number of alkyl halides is 6. The molecule has 0 aliphatic heterocycles. The van der Waals surface area contributed by atoms with Gasteiger partial charge in [0.2, 0.25) is 6.33 Å². The Labute approximate surface area is 216 Å². The van der Waals surface area contributed by atoms with Gasteiger partial charge >= 0.3 is 11.0 Å². The number of nitrogens with zero attached hydrogens (tertiary/aromatic N) is 3. The molecule has 0 bridgehead atoms. The molecule has 1 rings (SSSR count). The Morgan fingerprint density at radius 1 is 0.757 bits per heavy atom. The van der Waals surface area contributed by atoms with Gasteiger partial charge in [0, 0.05) is 0 Å². The minimum Gasteiger partial charge on any atom is -0.421 e. The summed E-state index contributed by atoms with van der Waals surface area (Å²) in [5.74, 6) is 0. The maximum Gasteiger partial charge on any atom is 0.480 e. The maximum absolute atomic E-state index is 11.4. The third kappa shape index (κ3) is 15.4. The predicted octanol–water partition coefficient (Wildman–Crippen LogP) is 7.03. The molecule has 0 saturated heterocycles. The van der Waals surface area contributed by atoms with E-state index in [2.05, 4.69) is 36.8 Å². The second-order valence-corrected chi connectivity index (χ2v) is 11.9. The molecule has 0 atom stereocenters. The molecular formula is C22H37F6N3O4S2. The van der Waals surface area contributed by atoms with Crippen LogP contribution < -0.4 is 4.57 Å². The monoisotopic (exact) mass is 585 g/mol. The van der Waals surface area contributed by atoms with Crippen LogP contribution in [0.15, 0.2) is 25.3 Å². The van der Waals surface area contributed by atoms with Crippen LogP contribution in [0.5, 0.6) is 0 Å². The van der Waals surface area contributed by atoms with Crippen molar-refractivity contribution in [3.05, 3.63) is 29.4 Å². The molecule has 0 aromatic carbocycles. The van der Waals surface area contributed by atoms with Crippen LogP contribution in [0.3, 0.4) is 0 Å². The number of halogens is 6. The van der Waals surface area contributed by atoms with Crippen molar-refractivity contribution < 1.29 is 47.7 Å². The Morgan fingerprint density at radius 2 is 1.14 bits per heavy atom. The maximum atomic E-state index is 11.4. The molecule has 218 valence electrons. The third-order valence-corrected chi connectivity index (χ3v) is 7.96. The largest absolute Gasteiger partial charge is 0.480 e. The van der Waals surface area contributed by atoms with Gasteiger partial charge in [0.25, 0.3) is 0 Å². The van der Waals surface area contributed by atoms with Gasteiger partial charge in [-0.15, -0.1) is 0 Å². The fourth-order valence-electron chi connectivity index (χ4n) is 3.18. The van der Waals surface area contributed by atoms with Crippen molar-refractivity contribution in [1.82, 2.24) is 4.57 Å². The molecule has 7 nitrogen and oxygen atoms in total. The summed E-state index contributed by atoms with van der Waals surface area (Å²) in [7, 11) is -13.4. The third-order valence-electron chi connectivity index (χ3n) is 5.22. The fourth-order valence-corrected chi connectivity index (χ4v) is 4.89. The number of unbranched alkanes of at least 4 members (excludes halogenated alkanes) is 12. The molecule has 0 saturated carbocycles. The first-order valence-corrected chi connectivity index (χ1v) is 15.0. The quantitative estimate of drug-likeness (QED) is 0.112. The van der Waals surface area contributed by atoms with E-state index in [0.29, 0.717) is 0 Å². The van der Waals surface area contributed by atoms with Crippen LogP contribution in [0.25, 0.3) is 10.3 Å². The first kappa shape index (κ1) is 35.4. The lowest BCUT2D eigenvalue weighted by Gasteiger charge is -2.22. The molecule has 1 aromatic rings. The number of rotatable bonds is 17. The lowest BCUT2D eigenvalue weighted by Crippen LogP contribution is -2.30. The van der Waals surface area contributed by atoms with E-state index in [1.54, 1.807) is 0 Å². The van der Waals surface area contributed by atoms with E-state index < -0.39 is 31.1 Å². The minimum atomic E-state index is -6.72. The highest BCUT2D eigenvalue weighted by Crippen LogP contribution is 2.36. The number of imidazole rings is 1. The summed E-state index contributed by atoms with van der Waals surface area (Å²) in [6, 6.07) is 0. The van der Waals surface area contributed by atoms with Crippen LogP contribution in [-0.4, -0.2) is 32.4 Å². The van der Waals surface area contributed by atoms with Gasteiger partial charge < -0.3 is 4.13 Å². The van der Waals surface area contributed by atoms with Crippen molar-refractivity contribution in [2.75, 3.05) is 0 Å². The normalized spacial score (nSPS) is 12.7. The van der Waals surface area contributed by atoms with E-state index in [9.17, 15) is 43.2 Å². The summed E-state index contributed by atoms with van der Waals surface area (Å²) in [6.07, 6.45) is 26.6. The van der Waals surface area contributed by atoms with Crippen molar-refractivity contribution in [2.45, 2.75) is 108 Å². The molecule has 0 aliphatic carbocycles. The molecule has 0 amide bonds. The Kier molecular flexibility index (Phi) is 16.3. The van der Waals surface area contributed by atoms with Crippen molar-refractivity contribution in [3.8, 4) is 0 Å². The number of hydrogen-bond acceptors (Lipinski definition) is 4. The van der Waals surface area contributed by atoms with Crippen LogP contribution in [0.2, 0.25) is 0 Å². The van der Waals surface area contributed by atoms with Gasteiger partial charge in [0.15, 0.2) is 20.0 Å². The van der Waals surface area contributed by atoms with Gasteiger partial charge in [-0.25, -0.2) is 26.0 Å². The number of sulfonamides is 2. The topological polar surface area (TPSA) is 91.2 Å². The zero-order valence-electron chi connectivity index (χ0n) is 21.0. The highest BCUT2D eigenvalue weighted by molar-refractivity contribution is 8.13. The average Bonchev–Trinajstić information content (AvgIpc) is 3.23. The van der Waals surface area contributed by atoms with Crippen LogP contribution in [-0.2, 0) is 26.6 Å². The zero-order valence-corrected chi connectivity index (χ0v) is 22.6. The Balaban J connectivity index is 0.000000757. The number of aryl methyl sites for hydroxylation is 1. The smallest absolute Gasteiger partial charge is 0.421 e. The molecule has 0 aliphatic rings. The molecule has 0 spiro atoms. The van der Waals surface area contributed by atoms with Crippen LogP contribution in [0.1, 0.15) is 90.4 Å². The predicted molar refractivity (Wildman–Crippen MR) is 130 cm³/mol. The van der Waals surface area contributed by atoms with Crippen LogP contribution in [0, 0.1) is 0 Å². The first-order valence-electron chi connectivity index (χ1n) is 12.1. The van der Waals surface area contributed by atoms with E-state index in [1.165, 1.54) is 83.5 Å². The number of hydrogen-bond donors (Lipinski definition) is 0. The van der Waals surface area contributed by atoms with Gasteiger partial charge in [-0.1, -0.05) is 84.1 Å². The summed E-state index contributed by atoms with van der Waals surface area (Å²) < 4.78 is 113. The summed E-state index contributed by atoms with van der Waals surface area (Å²) in [5.41, 5.74) is -12.4. The molecule has 0 radical (unpaired) electrons.